The van der Waals surface area contributed by atoms with E-state index in [2.05, 4.69) is 15.1 Å². The lowest BCUT2D eigenvalue weighted by atomic mass is 10.0. The van der Waals surface area contributed by atoms with Gasteiger partial charge in [-0.05, 0) is 30.5 Å². The van der Waals surface area contributed by atoms with Crippen LogP contribution < -0.4 is 0 Å². The number of hydrogen-bond donors (Lipinski definition) is 0. The van der Waals surface area contributed by atoms with E-state index >= 15 is 0 Å². The van der Waals surface area contributed by atoms with Crippen molar-refractivity contribution in [1.29, 1.82) is 0 Å². The van der Waals surface area contributed by atoms with Gasteiger partial charge in [0.05, 0.1) is 12.8 Å². The minimum Gasteiger partial charge on any atom is -0.464 e. The number of alkyl halides is 1. The smallest absolute Gasteiger partial charge is 0.360 e. The SMILES string of the molecule is COC(=O)/C(=N/OCF)c1ccccc1CON=C(c1ccc(Cl)cc1)C1CC1. The Morgan fingerprint density at radius 1 is 1.10 bits per heavy atom. The molecule has 3 rings (SSSR count). The number of carbonyl (C=O) groups is 1. The van der Waals surface area contributed by atoms with Crippen LogP contribution in [0.2, 0.25) is 5.02 Å². The van der Waals surface area contributed by atoms with Gasteiger partial charge in [-0.25, -0.2) is 9.18 Å². The predicted molar refractivity (Wildman–Crippen MR) is 108 cm³/mol. The molecule has 1 saturated carbocycles. The molecule has 0 N–H and O–H groups in total. The van der Waals surface area contributed by atoms with Gasteiger partial charge in [0, 0.05) is 22.1 Å². The maximum absolute atomic E-state index is 12.4. The van der Waals surface area contributed by atoms with Crippen molar-refractivity contribution in [3.8, 4) is 0 Å². The molecular formula is C21H20ClFN2O4. The summed E-state index contributed by atoms with van der Waals surface area (Å²) in [5.41, 5.74) is 2.73. The van der Waals surface area contributed by atoms with Gasteiger partial charge >= 0.3 is 5.97 Å². The molecule has 2 aromatic rings. The van der Waals surface area contributed by atoms with Gasteiger partial charge in [0.15, 0.2) is 5.71 Å². The average Bonchev–Trinajstić information content (AvgIpc) is 3.58. The zero-order valence-corrected chi connectivity index (χ0v) is 16.6. The van der Waals surface area contributed by atoms with Crippen molar-refractivity contribution >= 4 is 29.0 Å². The monoisotopic (exact) mass is 418 g/mol. The standard InChI is InChI=1S/C21H20ClFN2O4/c1-27-21(26)20(25-29-13-23)18-5-3-2-4-16(18)12-28-24-19(14-6-7-14)15-8-10-17(22)11-9-15/h2-5,8-11,14H,6-7,12-13H2,1H3/b24-19?,25-20+. The van der Waals surface area contributed by atoms with Crippen LogP contribution in [0.3, 0.4) is 0 Å². The van der Waals surface area contributed by atoms with Crippen molar-refractivity contribution in [1.82, 2.24) is 0 Å². The topological polar surface area (TPSA) is 69.5 Å². The van der Waals surface area contributed by atoms with Gasteiger partial charge in [-0.1, -0.05) is 58.3 Å². The summed E-state index contributed by atoms with van der Waals surface area (Å²) in [6, 6.07) is 14.4. The Kier molecular flexibility index (Phi) is 7.19. The number of carbonyl (C=O) groups excluding carboxylic acids is 1. The number of rotatable bonds is 9. The molecule has 6 nitrogen and oxygen atoms in total. The molecule has 152 valence electrons. The number of oxime groups is 2. The lowest BCUT2D eigenvalue weighted by Gasteiger charge is -2.10. The summed E-state index contributed by atoms with van der Waals surface area (Å²) >= 11 is 5.96. The van der Waals surface area contributed by atoms with Gasteiger partial charge in [0.2, 0.25) is 0 Å². The van der Waals surface area contributed by atoms with Crippen LogP contribution in [-0.2, 0) is 25.8 Å². The first-order valence-corrected chi connectivity index (χ1v) is 9.40. The van der Waals surface area contributed by atoms with Gasteiger partial charge in [-0.3, -0.25) is 0 Å². The molecule has 0 atom stereocenters. The van der Waals surface area contributed by atoms with Crippen LogP contribution in [0.1, 0.15) is 29.5 Å². The van der Waals surface area contributed by atoms with Crippen molar-refractivity contribution in [2.75, 3.05) is 14.0 Å². The summed E-state index contributed by atoms with van der Waals surface area (Å²) in [5, 5.41) is 8.54. The molecule has 1 fully saturated rings. The van der Waals surface area contributed by atoms with Gasteiger partial charge < -0.3 is 14.4 Å². The third kappa shape index (κ3) is 5.54. The molecule has 1 aliphatic carbocycles. The van der Waals surface area contributed by atoms with E-state index < -0.39 is 12.8 Å². The van der Waals surface area contributed by atoms with Gasteiger partial charge in [-0.15, -0.1) is 0 Å². The lowest BCUT2D eigenvalue weighted by Crippen LogP contribution is -2.19. The van der Waals surface area contributed by atoms with Crippen molar-refractivity contribution < 1.29 is 23.6 Å². The van der Waals surface area contributed by atoms with E-state index in [9.17, 15) is 9.18 Å². The number of hydrogen-bond acceptors (Lipinski definition) is 6. The predicted octanol–water partition coefficient (Wildman–Crippen LogP) is 4.49. The molecule has 0 unspecified atom stereocenters. The summed E-state index contributed by atoms with van der Waals surface area (Å²) in [6.45, 7) is -1.07. The highest BCUT2D eigenvalue weighted by molar-refractivity contribution is 6.43. The van der Waals surface area contributed by atoms with Crippen LogP contribution in [0.15, 0.2) is 58.8 Å². The molecule has 0 aromatic heterocycles. The number of esters is 1. The highest BCUT2D eigenvalue weighted by Crippen LogP contribution is 2.34. The summed E-state index contributed by atoms with van der Waals surface area (Å²) in [4.78, 5) is 22.1. The van der Waals surface area contributed by atoms with Crippen LogP contribution >= 0.6 is 11.6 Å². The quantitative estimate of drug-likeness (QED) is 0.342. The Labute approximate surface area is 172 Å². The maximum atomic E-state index is 12.4. The molecule has 2 aromatic carbocycles. The molecule has 0 amide bonds. The zero-order chi connectivity index (χ0) is 20.6. The van der Waals surface area contributed by atoms with E-state index in [1.165, 1.54) is 7.11 Å². The minimum absolute atomic E-state index is 0.0889. The fourth-order valence-corrected chi connectivity index (χ4v) is 2.90. The van der Waals surface area contributed by atoms with Gasteiger partial charge in [0.25, 0.3) is 6.86 Å². The number of halogens is 2. The molecule has 0 heterocycles. The Morgan fingerprint density at radius 2 is 1.83 bits per heavy atom. The van der Waals surface area contributed by atoms with Crippen LogP contribution in [0.4, 0.5) is 4.39 Å². The van der Waals surface area contributed by atoms with E-state index in [-0.39, 0.29) is 12.3 Å². The van der Waals surface area contributed by atoms with Crippen LogP contribution in [0.5, 0.6) is 0 Å². The molecule has 0 saturated heterocycles. The summed E-state index contributed by atoms with van der Waals surface area (Å²) < 4.78 is 17.1. The van der Waals surface area contributed by atoms with Crippen molar-refractivity contribution in [3.05, 3.63) is 70.2 Å². The van der Waals surface area contributed by atoms with E-state index in [0.717, 1.165) is 24.1 Å². The Morgan fingerprint density at radius 3 is 2.48 bits per heavy atom. The van der Waals surface area contributed by atoms with Gasteiger partial charge in [-0.2, -0.15) is 0 Å². The Hall–Kier alpha value is -2.93. The molecule has 1 aliphatic rings. The summed E-state index contributed by atoms with van der Waals surface area (Å²) in [7, 11) is 1.21. The average molecular weight is 419 g/mol. The van der Waals surface area contributed by atoms with Crippen LogP contribution in [-0.4, -0.2) is 31.4 Å². The van der Waals surface area contributed by atoms with E-state index in [4.69, 9.17) is 21.2 Å². The highest BCUT2D eigenvalue weighted by Gasteiger charge is 2.29. The minimum atomic E-state index is -1.16. The Bertz CT molecular complexity index is 911. The second-order valence-corrected chi connectivity index (χ2v) is 6.79. The number of ether oxygens (including phenoxy) is 1. The highest BCUT2D eigenvalue weighted by atomic mass is 35.5. The second-order valence-electron chi connectivity index (χ2n) is 6.36. The third-order valence-corrected chi connectivity index (χ3v) is 4.59. The van der Waals surface area contributed by atoms with E-state index in [0.29, 0.717) is 22.1 Å². The first kappa shape index (κ1) is 20.8. The third-order valence-electron chi connectivity index (χ3n) is 4.34. The van der Waals surface area contributed by atoms with Crippen molar-refractivity contribution in [2.45, 2.75) is 19.4 Å². The molecule has 8 heteroatoms. The van der Waals surface area contributed by atoms with Crippen molar-refractivity contribution in [3.63, 3.8) is 0 Å². The lowest BCUT2D eigenvalue weighted by molar-refractivity contribution is -0.132. The fourth-order valence-electron chi connectivity index (χ4n) is 2.77. The number of nitrogens with zero attached hydrogens (tertiary/aromatic N) is 2. The molecule has 0 spiro atoms. The molecular weight excluding hydrogens is 399 g/mol. The first-order valence-electron chi connectivity index (χ1n) is 9.02. The fraction of sp³-hybridized carbons (Fsp3) is 0.286. The van der Waals surface area contributed by atoms with E-state index in [1.54, 1.807) is 24.3 Å². The zero-order valence-electron chi connectivity index (χ0n) is 15.8. The Balaban J connectivity index is 1.80. The van der Waals surface area contributed by atoms with E-state index in [1.807, 2.05) is 24.3 Å². The first-order chi connectivity index (χ1) is 14.1. The molecule has 0 bridgehead atoms. The molecule has 0 radical (unpaired) electrons. The number of benzene rings is 2. The normalized spacial score (nSPS) is 14.4. The van der Waals surface area contributed by atoms with Crippen LogP contribution in [0, 0.1) is 5.92 Å². The number of methoxy groups -OCH3 is 1. The largest absolute Gasteiger partial charge is 0.464 e. The maximum Gasteiger partial charge on any atom is 0.360 e. The summed E-state index contributed by atoms with van der Waals surface area (Å²) in [6.07, 6.45) is 2.11. The second kappa shape index (κ2) is 10.0. The summed E-state index contributed by atoms with van der Waals surface area (Å²) in [5.74, 6) is -0.384. The molecule has 29 heavy (non-hydrogen) atoms. The van der Waals surface area contributed by atoms with Gasteiger partial charge in [0.1, 0.15) is 6.61 Å². The van der Waals surface area contributed by atoms with Crippen LogP contribution in [0.25, 0.3) is 0 Å². The van der Waals surface area contributed by atoms with Crippen molar-refractivity contribution in [2.24, 2.45) is 16.2 Å². The molecule has 0 aliphatic heterocycles.